The molecule has 0 spiro atoms. The van der Waals surface area contributed by atoms with Gasteiger partial charge in [-0.3, -0.25) is 9.48 Å². The number of amides is 1. The third-order valence-corrected chi connectivity index (χ3v) is 4.29. The van der Waals surface area contributed by atoms with Gasteiger partial charge in [-0.2, -0.15) is 18.3 Å². The molecule has 24 heavy (non-hydrogen) atoms. The Morgan fingerprint density at radius 3 is 2.75 bits per heavy atom. The molecule has 1 saturated heterocycles. The molecule has 3 heterocycles. The molecule has 0 radical (unpaired) electrons. The van der Waals surface area contributed by atoms with Gasteiger partial charge in [-0.25, -0.2) is 0 Å². The number of hydrogen-bond acceptors (Lipinski definition) is 3. The summed E-state index contributed by atoms with van der Waals surface area (Å²) < 4.78 is 45.2. The molecule has 2 aromatic heterocycles. The second-order valence-electron chi connectivity index (χ2n) is 5.92. The lowest BCUT2D eigenvalue weighted by Crippen LogP contribution is -2.35. The summed E-state index contributed by atoms with van der Waals surface area (Å²) in [5, 5.41) is 3.57. The summed E-state index contributed by atoms with van der Waals surface area (Å²) in [6.07, 6.45) is 0.0975. The third-order valence-electron chi connectivity index (χ3n) is 4.29. The first kappa shape index (κ1) is 16.6. The van der Waals surface area contributed by atoms with E-state index >= 15 is 0 Å². The second kappa shape index (κ2) is 6.33. The average Bonchev–Trinajstić information content (AvgIpc) is 3.11. The highest BCUT2D eigenvalue weighted by molar-refractivity contribution is 5.91. The summed E-state index contributed by atoms with van der Waals surface area (Å²) in [5.41, 5.74) is -0.543. The zero-order valence-electron chi connectivity index (χ0n) is 13.2. The zero-order chi connectivity index (χ0) is 17.3. The van der Waals surface area contributed by atoms with E-state index in [0.29, 0.717) is 18.7 Å². The number of hydrogen-bond donors (Lipinski definition) is 0. The van der Waals surface area contributed by atoms with E-state index in [4.69, 9.17) is 4.42 Å². The topological polar surface area (TPSA) is 51.3 Å². The lowest BCUT2D eigenvalue weighted by molar-refractivity contribution is -0.141. The molecule has 5 nitrogen and oxygen atoms in total. The molecule has 0 aromatic carbocycles. The first-order valence-corrected chi connectivity index (χ1v) is 7.83. The van der Waals surface area contributed by atoms with E-state index in [2.05, 4.69) is 5.10 Å². The number of furan rings is 1. The number of aromatic nitrogens is 2. The Hall–Kier alpha value is -2.25. The Bertz CT molecular complexity index is 707. The van der Waals surface area contributed by atoms with Gasteiger partial charge < -0.3 is 9.32 Å². The van der Waals surface area contributed by atoms with E-state index in [1.807, 2.05) is 0 Å². The van der Waals surface area contributed by atoms with E-state index in [1.165, 1.54) is 18.0 Å². The Kier molecular flexibility index (Phi) is 4.38. The van der Waals surface area contributed by atoms with E-state index in [9.17, 15) is 18.0 Å². The lowest BCUT2D eigenvalue weighted by atomic mass is 10.1. The molecular formula is C16H18F3N3O2. The SMILES string of the molecule is Cn1nc(C(F)(F)F)cc1[C@@H]1CCCCCN1C(=O)c1ccco1. The number of carbonyl (C=O) groups is 1. The van der Waals surface area contributed by atoms with Crippen molar-refractivity contribution in [3.63, 3.8) is 0 Å². The fourth-order valence-corrected chi connectivity index (χ4v) is 3.13. The lowest BCUT2D eigenvalue weighted by Gasteiger charge is -2.29. The first-order chi connectivity index (χ1) is 11.4. The molecule has 1 atom stereocenters. The van der Waals surface area contributed by atoms with E-state index in [0.717, 1.165) is 25.3 Å². The number of rotatable bonds is 2. The predicted octanol–water partition coefficient (Wildman–Crippen LogP) is 3.79. The van der Waals surface area contributed by atoms with Gasteiger partial charge in [-0.15, -0.1) is 0 Å². The van der Waals surface area contributed by atoms with Gasteiger partial charge in [0.15, 0.2) is 11.5 Å². The molecular weight excluding hydrogens is 323 g/mol. The molecule has 0 saturated carbocycles. The molecule has 0 N–H and O–H groups in total. The number of alkyl halides is 3. The molecule has 3 rings (SSSR count). The molecule has 1 fully saturated rings. The summed E-state index contributed by atoms with van der Waals surface area (Å²) in [6.45, 7) is 0.483. The Balaban J connectivity index is 1.96. The summed E-state index contributed by atoms with van der Waals surface area (Å²) in [7, 11) is 1.48. The van der Waals surface area contributed by atoms with Crippen LogP contribution >= 0.6 is 0 Å². The highest BCUT2D eigenvalue weighted by atomic mass is 19.4. The van der Waals surface area contributed by atoms with Crippen molar-refractivity contribution < 1.29 is 22.4 Å². The number of aryl methyl sites for hydroxylation is 1. The van der Waals surface area contributed by atoms with Gasteiger partial charge in [0.25, 0.3) is 5.91 Å². The van der Waals surface area contributed by atoms with E-state index < -0.39 is 17.9 Å². The number of carbonyl (C=O) groups excluding carboxylic acids is 1. The fraction of sp³-hybridized carbons (Fsp3) is 0.500. The van der Waals surface area contributed by atoms with Crippen molar-refractivity contribution >= 4 is 5.91 Å². The van der Waals surface area contributed by atoms with Crippen LogP contribution < -0.4 is 0 Å². The molecule has 0 unspecified atom stereocenters. The van der Waals surface area contributed by atoms with Gasteiger partial charge in [-0.1, -0.05) is 12.8 Å². The smallest absolute Gasteiger partial charge is 0.435 e. The van der Waals surface area contributed by atoms with Crippen LogP contribution in [0.1, 0.15) is 53.7 Å². The highest BCUT2D eigenvalue weighted by Gasteiger charge is 2.37. The predicted molar refractivity (Wildman–Crippen MR) is 79.2 cm³/mol. The third kappa shape index (κ3) is 3.18. The van der Waals surface area contributed by atoms with Gasteiger partial charge in [0.2, 0.25) is 0 Å². The van der Waals surface area contributed by atoms with Crippen molar-refractivity contribution in [1.29, 1.82) is 0 Å². The second-order valence-corrected chi connectivity index (χ2v) is 5.92. The number of nitrogens with zero attached hydrogens (tertiary/aromatic N) is 3. The van der Waals surface area contributed by atoms with Crippen molar-refractivity contribution in [2.45, 2.75) is 37.9 Å². The minimum Gasteiger partial charge on any atom is -0.459 e. The largest absolute Gasteiger partial charge is 0.459 e. The van der Waals surface area contributed by atoms with Crippen molar-refractivity contribution in [3.05, 3.63) is 41.6 Å². The van der Waals surface area contributed by atoms with Crippen LogP contribution in [0.2, 0.25) is 0 Å². The molecule has 1 aliphatic heterocycles. The average molecular weight is 341 g/mol. The Morgan fingerprint density at radius 1 is 1.33 bits per heavy atom. The van der Waals surface area contributed by atoms with Crippen LogP contribution in [0.4, 0.5) is 13.2 Å². The summed E-state index contributed by atoms with van der Waals surface area (Å²) >= 11 is 0. The first-order valence-electron chi connectivity index (χ1n) is 7.83. The van der Waals surface area contributed by atoms with Gasteiger partial charge in [0, 0.05) is 13.6 Å². The minimum absolute atomic E-state index is 0.195. The summed E-state index contributed by atoms with van der Waals surface area (Å²) in [5.74, 6) is -0.109. The van der Waals surface area contributed by atoms with Crippen LogP contribution in [0, 0.1) is 0 Å². The number of halogens is 3. The minimum atomic E-state index is -4.50. The van der Waals surface area contributed by atoms with Crippen LogP contribution in [-0.2, 0) is 13.2 Å². The Labute approximate surface area is 137 Å². The van der Waals surface area contributed by atoms with Crippen molar-refractivity contribution in [2.24, 2.45) is 7.05 Å². The molecule has 0 aliphatic carbocycles. The van der Waals surface area contributed by atoms with Crippen LogP contribution in [-0.4, -0.2) is 27.1 Å². The summed E-state index contributed by atoms with van der Waals surface area (Å²) in [4.78, 5) is 14.3. The maximum Gasteiger partial charge on any atom is 0.435 e. The summed E-state index contributed by atoms with van der Waals surface area (Å²) in [6, 6.07) is 3.78. The molecule has 1 aliphatic rings. The van der Waals surface area contributed by atoms with Crippen molar-refractivity contribution in [2.75, 3.05) is 6.54 Å². The van der Waals surface area contributed by atoms with Gasteiger partial charge in [-0.05, 0) is 31.0 Å². The Morgan fingerprint density at radius 2 is 2.12 bits per heavy atom. The van der Waals surface area contributed by atoms with Crippen molar-refractivity contribution in [1.82, 2.24) is 14.7 Å². The van der Waals surface area contributed by atoms with Crippen LogP contribution in [0.25, 0.3) is 0 Å². The van der Waals surface area contributed by atoms with E-state index in [-0.39, 0.29) is 11.7 Å². The van der Waals surface area contributed by atoms with Gasteiger partial charge in [0.05, 0.1) is 18.0 Å². The maximum atomic E-state index is 12.9. The van der Waals surface area contributed by atoms with Gasteiger partial charge >= 0.3 is 6.18 Å². The normalized spacial score (nSPS) is 19.3. The quantitative estimate of drug-likeness (QED) is 0.835. The van der Waals surface area contributed by atoms with Crippen LogP contribution in [0.3, 0.4) is 0 Å². The molecule has 130 valence electrons. The van der Waals surface area contributed by atoms with E-state index in [1.54, 1.807) is 17.0 Å². The van der Waals surface area contributed by atoms with Crippen LogP contribution in [0.5, 0.6) is 0 Å². The maximum absolute atomic E-state index is 12.9. The van der Waals surface area contributed by atoms with Crippen LogP contribution in [0.15, 0.2) is 28.9 Å². The highest BCUT2D eigenvalue weighted by Crippen LogP contribution is 2.35. The monoisotopic (exact) mass is 341 g/mol. The molecule has 8 heteroatoms. The standard InChI is InChI=1S/C16H18F3N3O2/c1-21-12(10-14(20-21)16(17,18)19)11-6-3-2-4-8-22(11)15(23)13-7-5-9-24-13/h5,7,9-11H,2-4,6,8H2,1H3/t11-/m0/s1. The molecule has 1 amide bonds. The molecule has 2 aromatic rings. The molecule has 0 bridgehead atoms. The number of likely N-dealkylation sites (tertiary alicyclic amines) is 1. The zero-order valence-corrected chi connectivity index (χ0v) is 13.2. The van der Waals surface area contributed by atoms with Gasteiger partial charge in [0.1, 0.15) is 0 Å². The fourth-order valence-electron chi connectivity index (χ4n) is 3.13. The van der Waals surface area contributed by atoms with Crippen molar-refractivity contribution in [3.8, 4) is 0 Å².